The molecule has 3 atom stereocenters. The molecule has 1 saturated heterocycles. The van der Waals surface area contributed by atoms with Crippen LogP contribution in [0.15, 0.2) is 0 Å². The highest BCUT2D eigenvalue weighted by molar-refractivity contribution is 5.83. The van der Waals surface area contributed by atoms with Gasteiger partial charge in [0.25, 0.3) is 0 Å². The molecule has 98 valence electrons. The highest BCUT2D eigenvalue weighted by atomic mass is 16.5. The van der Waals surface area contributed by atoms with E-state index in [1.807, 2.05) is 6.92 Å². The van der Waals surface area contributed by atoms with E-state index in [-0.39, 0.29) is 6.10 Å². The number of hydrogen-bond acceptors (Lipinski definition) is 4. The van der Waals surface area contributed by atoms with Crippen molar-refractivity contribution in [3.05, 3.63) is 0 Å². The zero-order valence-electron chi connectivity index (χ0n) is 9.92. The van der Waals surface area contributed by atoms with Crippen LogP contribution in [0.5, 0.6) is 0 Å². The Morgan fingerprint density at radius 2 is 2.18 bits per heavy atom. The van der Waals surface area contributed by atoms with Gasteiger partial charge in [-0.25, -0.2) is 9.59 Å². The third-order valence-electron chi connectivity index (χ3n) is 2.56. The molecule has 0 aromatic heterocycles. The van der Waals surface area contributed by atoms with Crippen LogP contribution < -0.4 is 5.32 Å². The number of ether oxygens (including phenoxy) is 1. The quantitative estimate of drug-likeness (QED) is 0.608. The number of urea groups is 1. The topological polar surface area (TPSA) is 99.1 Å². The van der Waals surface area contributed by atoms with Crippen LogP contribution in [0.4, 0.5) is 4.79 Å². The standard InChI is InChI=1S/C10H18N2O5/c1-6-5-12(3-4-17-6)10(16)11-8(7(2)13)9(14)15/h6-8,13H,3-5H2,1-2H3,(H,11,16)(H,14,15)/t6?,7-,8+/m1/s1. The van der Waals surface area contributed by atoms with Crippen molar-refractivity contribution in [3.63, 3.8) is 0 Å². The Morgan fingerprint density at radius 1 is 1.53 bits per heavy atom. The third kappa shape index (κ3) is 3.86. The number of hydrogen-bond donors (Lipinski definition) is 3. The van der Waals surface area contributed by atoms with Crippen molar-refractivity contribution in [1.29, 1.82) is 0 Å². The van der Waals surface area contributed by atoms with Crippen molar-refractivity contribution < 1.29 is 24.5 Å². The van der Waals surface area contributed by atoms with E-state index in [1.54, 1.807) is 0 Å². The second-order valence-electron chi connectivity index (χ2n) is 4.13. The Kier molecular flexibility index (Phi) is 4.71. The molecule has 0 aliphatic carbocycles. The third-order valence-corrected chi connectivity index (χ3v) is 2.56. The van der Waals surface area contributed by atoms with E-state index in [4.69, 9.17) is 9.84 Å². The number of aliphatic hydroxyl groups excluding tert-OH is 1. The Bertz CT molecular complexity index is 294. The van der Waals surface area contributed by atoms with E-state index >= 15 is 0 Å². The molecule has 1 aliphatic rings. The van der Waals surface area contributed by atoms with Crippen LogP contribution in [0.25, 0.3) is 0 Å². The number of aliphatic hydroxyl groups is 1. The smallest absolute Gasteiger partial charge is 0.328 e. The molecule has 0 radical (unpaired) electrons. The molecule has 7 heteroatoms. The van der Waals surface area contributed by atoms with Gasteiger partial charge in [-0.15, -0.1) is 0 Å². The highest BCUT2D eigenvalue weighted by Crippen LogP contribution is 2.05. The van der Waals surface area contributed by atoms with Crippen LogP contribution in [-0.2, 0) is 9.53 Å². The number of carbonyl (C=O) groups excluding carboxylic acids is 1. The Labute approximate surface area is 99.4 Å². The summed E-state index contributed by atoms with van der Waals surface area (Å²) in [5.74, 6) is -1.25. The number of morpholine rings is 1. The molecule has 0 saturated carbocycles. The summed E-state index contributed by atoms with van der Waals surface area (Å²) in [6.45, 7) is 4.42. The first-order valence-corrected chi connectivity index (χ1v) is 5.49. The maximum atomic E-state index is 11.7. The van der Waals surface area contributed by atoms with E-state index in [2.05, 4.69) is 5.32 Å². The maximum absolute atomic E-state index is 11.7. The van der Waals surface area contributed by atoms with Gasteiger partial charge in [-0.2, -0.15) is 0 Å². The van der Waals surface area contributed by atoms with Crippen molar-refractivity contribution >= 4 is 12.0 Å². The number of rotatable bonds is 3. The van der Waals surface area contributed by atoms with E-state index in [0.29, 0.717) is 19.7 Å². The molecule has 0 aromatic carbocycles. The Hall–Kier alpha value is -1.34. The monoisotopic (exact) mass is 246 g/mol. The molecule has 7 nitrogen and oxygen atoms in total. The van der Waals surface area contributed by atoms with Crippen molar-refractivity contribution in [2.24, 2.45) is 0 Å². The molecule has 1 fully saturated rings. The Balaban J connectivity index is 2.54. The lowest BCUT2D eigenvalue weighted by atomic mass is 10.2. The molecule has 17 heavy (non-hydrogen) atoms. The van der Waals surface area contributed by atoms with Gasteiger partial charge in [0.15, 0.2) is 6.04 Å². The van der Waals surface area contributed by atoms with Gasteiger partial charge in [0.2, 0.25) is 0 Å². The van der Waals surface area contributed by atoms with Gasteiger partial charge in [0.05, 0.1) is 18.8 Å². The van der Waals surface area contributed by atoms with Crippen LogP contribution in [0, 0.1) is 0 Å². The molecular weight excluding hydrogens is 228 g/mol. The average Bonchev–Trinajstić information content (AvgIpc) is 2.24. The number of aliphatic carboxylic acids is 1. The van der Waals surface area contributed by atoms with Gasteiger partial charge in [-0.05, 0) is 13.8 Å². The van der Waals surface area contributed by atoms with Crippen LogP contribution in [0.1, 0.15) is 13.8 Å². The van der Waals surface area contributed by atoms with Crippen molar-refractivity contribution in [3.8, 4) is 0 Å². The molecule has 1 heterocycles. The predicted octanol–water partition coefficient (Wildman–Crippen LogP) is -0.749. The average molecular weight is 246 g/mol. The minimum Gasteiger partial charge on any atom is -0.480 e. The summed E-state index contributed by atoms with van der Waals surface area (Å²) >= 11 is 0. The summed E-state index contributed by atoms with van der Waals surface area (Å²) in [6, 6.07) is -1.78. The van der Waals surface area contributed by atoms with E-state index in [9.17, 15) is 14.7 Å². The van der Waals surface area contributed by atoms with Gasteiger partial charge in [0, 0.05) is 13.1 Å². The van der Waals surface area contributed by atoms with Crippen LogP contribution in [-0.4, -0.2) is 65.1 Å². The number of carbonyl (C=O) groups is 2. The van der Waals surface area contributed by atoms with Crippen LogP contribution in [0.3, 0.4) is 0 Å². The zero-order chi connectivity index (χ0) is 13.0. The molecule has 0 spiro atoms. The van der Waals surface area contributed by atoms with Crippen molar-refractivity contribution in [2.45, 2.75) is 32.1 Å². The highest BCUT2D eigenvalue weighted by Gasteiger charge is 2.28. The van der Waals surface area contributed by atoms with Gasteiger partial charge < -0.3 is 25.2 Å². The first-order valence-electron chi connectivity index (χ1n) is 5.49. The molecule has 0 aromatic rings. The first kappa shape index (κ1) is 13.7. The normalized spacial score (nSPS) is 23.9. The predicted molar refractivity (Wildman–Crippen MR) is 58.6 cm³/mol. The SMILES string of the molecule is CC1CN(C(=O)N[C@H](C(=O)O)[C@@H](C)O)CCO1. The molecule has 1 aliphatic heterocycles. The number of amides is 2. The summed E-state index contributed by atoms with van der Waals surface area (Å²) < 4.78 is 5.27. The fourth-order valence-electron chi connectivity index (χ4n) is 1.62. The second-order valence-corrected chi connectivity index (χ2v) is 4.13. The molecule has 2 amide bonds. The summed E-state index contributed by atoms with van der Waals surface area (Å²) in [4.78, 5) is 24.0. The van der Waals surface area contributed by atoms with E-state index < -0.39 is 24.1 Å². The lowest BCUT2D eigenvalue weighted by molar-refractivity contribution is -0.141. The van der Waals surface area contributed by atoms with E-state index in [0.717, 1.165) is 0 Å². The van der Waals surface area contributed by atoms with Crippen LogP contribution >= 0.6 is 0 Å². The number of carboxylic acids is 1. The minimum atomic E-state index is -1.29. The molecule has 1 rings (SSSR count). The van der Waals surface area contributed by atoms with E-state index in [1.165, 1.54) is 11.8 Å². The van der Waals surface area contributed by atoms with Gasteiger partial charge >= 0.3 is 12.0 Å². The van der Waals surface area contributed by atoms with Crippen LogP contribution in [0.2, 0.25) is 0 Å². The Morgan fingerprint density at radius 3 is 2.65 bits per heavy atom. The lowest BCUT2D eigenvalue weighted by Gasteiger charge is -2.32. The largest absolute Gasteiger partial charge is 0.480 e. The lowest BCUT2D eigenvalue weighted by Crippen LogP contribution is -2.55. The zero-order valence-corrected chi connectivity index (χ0v) is 9.92. The number of carboxylic acid groups (broad SMARTS) is 1. The second kappa shape index (κ2) is 5.83. The first-order chi connectivity index (χ1) is 7.91. The molecule has 3 N–H and O–H groups in total. The number of nitrogens with zero attached hydrogens (tertiary/aromatic N) is 1. The molecule has 1 unspecified atom stereocenters. The maximum Gasteiger partial charge on any atom is 0.328 e. The summed E-state index contributed by atoms with van der Waals surface area (Å²) in [6.07, 6.45) is -1.21. The van der Waals surface area contributed by atoms with Gasteiger partial charge in [-0.1, -0.05) is 0 Å². The van der Waals surface area contributed by atoms with Gasteiger partial charge in [-0.3, -0.25) is 0 Å². The summed E-state index contributed by atoms with van der Waals surface area (Å²) in [5, 5.41) is 20.4. The molecular formula is C10H18N2O5. The number of nitrogens with one attached hydrogen (secondary N) is 1. The summed E-state index contributed by atoms with van der Waals surface area (Å²) in [5.41, 5.74) is 0. The fourth-order valence-corrected chi connectivity index (χ4v) is 1.62. The summed E-state index contributed by atoms with van der Waals surface area (Å²) in [7, 11) is 0. The van der Waals surface area contributed by atoms with Gasteiger partial charge in [0.1, 0.15) is 0 Å². The minimum absolute atomic E-state index is 0.0654. The molecule has 0 bridgehead atoms. The van der Waals surface area contributed by atoms with Crippen molar-refractivity contribution in [2.75, 3.05) is 19.7 Å². The fraction of sp³-hybridized carbons (Fsp3) is 0.800. The van der Waals surface area contributed by atoms with Crippen molar-refractivity contribution in [1.82, 2.24) is 10.2 Å².